The van der Waals surface area contributed by atoms with Crippen molar-refractivity contribution in [3.05, 3.63) is 0 Å². The molecular weight excluding hydrogens is 426 g/mol. The van der Waals surface area contributed by atoms with Crippen molar-refractivity contribution in [1.29, 1.82) is 0 Å². The van der Waals surface area contributed by atoms with Crippen LogP contribution in [0.4, 0.5) is 39.5 Å². The van der Waals surface area contributed by atoms with E-state index in [4.69, 9.17) is 15.3 Å². The molecule has 0 radical (unpaired) electrons. The number of aliphatic hydroxyl groups is 3. The first-order chi connectivity index (χ1) is 12.2. The average Bonchev–Trinajstić information content (AvgIpc) is 2.46. The lowest BCUT2D eigenvalue weighted by Crippen LogP contribution is -2.06. The predicted molar refractivity (Wildman–Crippen MR) is 90.9 cm³/mol. The van der Waals surface area contributed by atoms with Crippen molar-refractivity contribution in [3.8, 4) is 0 Å². The van der Waals surface area contributed by atoms with Crippen LogP contribution in [0.2, 0.25) is 0 Å². The van der Waals surface area contributed by atoms with Crippen LogP contribution in [0.3, 0.4) is 0 Å². The first-order valence-corrected chi connectivity index (χ1v) is 8.21. The molecule has 28 heavy (non-hydrogen) atoms. The van der Waals surface area contributed by atoms with E-state index in [2.05, 4.69) is 0 Å². The van der Waals surface area contributed by atoms with Crippen LogP contribution in [0.15, 0.2) is 0 Å². The van der Waals surface area contributed by atoms with Crippen molar-refractivity contribution in [3.63, 3.8) is 0 Å². The van der Waals surface area contributed by atoms with Crippen molar-refractivity contribution in [2.75, 3.05) is 19.8 Å². The number of unbranched alkanes of at least 4 members (excludes halogenated alkanes) is 3. The van der Waals surface area contributed by atoms with Gasteiger partial charge in [0.15, 0.2) is 17.4 Å². The molecule has 3 N–H and O–H groups in total. The first kappa shape index (κ1) is 35.2. The number of rotatable bonds is 9. The van der Waals surface area contributed by atoms with Gasteiger partial charge in [-0.1, -0.05) is 0 Å². The van der Waals surface area contributed by atoms with E-state index in [1.807, 2.05) is 0 Å². The van der Waals surface area contributed by atoms with E-state index in [1.165, 1.54) is 0 Å². The molecule has 0 amide bonds. The van der Waals surface area contributed by atoms with E-state index in [1.54, 1.807) is 0 Å². The van der Waals surface area contributed by atoms with E-state index in [9.17, 15) is 39.5 Å². The minimum absolute atomic E-state index is 0. The third kappa shape index (κ3) is 50.1. The molecule has 13 heteroatoms. The van der Waals surface area contributed by atoms with Crippen LogP contribution < -0.4 is 0 Å². The summed E-state index contributed by atoms with van der Waals surface area (Å²) in [6, 6.07) is 0. The second-order valence-electron chi connectivity index (χ2n) is 5.39. The van der Waals surface area contributed by atoms with Crippen molar-refractivity contribution in [1.82, 2.24) is 0 Å². The maximum Gasteiger partial charge on any atom is 0.389 e. The van der Waals surface area contributed by atoms with E-state index in [0.29, 0.717) is 0 Å². The van der Waals surface area contributed by atoms with Gasteiger partial charge < -0.3 is 15.3 Å². The Kier molecular flexibility index (Phi) is 25.3. The molecule has 0 aromatic rings. The third-order valence-electron chi connectivity index (χ3n) is 2.61. The lowest BCUT2D eigenvalue weighted by atomic mass is 10.2. The Morgan fingerprint density at radius 3 is 0.679 bits per heavy atom. The Labute approximate surface area is 169 Å². The molecule has 0 heterocycles. The highest BCUT2D eigenvalue weighted by atomic mass is 27.0. The first-order valence-electron chi connectivity index (χ1n) is 8.21. The highest BCUT2D eigenvalue weighted by Gasteiger charge is 2.26. The monoisotopic (exact) mass is 456 g/mol. The molecule has 0 saturated heterocycles. The van der Waals surface area contributed by atoms with Gasteiger partial charge in [-0.25, -0.2) is 0 Å². The average molecular weight is 456 g/mol. The molecule has 0 rings (SSSR count). The van der Waals surface area contributed by atoms with Crippen LogP contribution in [-0.2, 0) is 0 Å². The fraction of sp³-hybridized carbons (Fsp3) is 1.00. The van der Waals surface area contributed by atoms with Gasteiger partial charge in [0.25, 0.3) is 0 Å². The Bertz CT molecular complexity index is 261. The Hall–Kier alpha value is -0.218. The topological polar surface area (TPSA) is 60.7 Å². The van der Waals surface area contributed by atoms with Gasteiger partial charge in [-0.2, -0.15) is 39.5 Å². The highest BCUT2D eigenvalue weighted by molar-refractivity contribution is 5.75. The fourth-order valence-corrected chi connectivity index (χ4v) is 1.31. The molecule has 0 aliphatic rings. The van der Waals surface area contributed by atoms with E-state index < -0.39 is 37.8 Å². The number of hydrogen-bond donors (Lipinski definition) is 3. The molecule has 0 aliphatic heterocycles. The zero-order valence-corrected chi connectivity index (χ0v) is 14.7. The summed E-state index contributed by atoms with van der Waals surface area (Å²) >= 11 is 0. The van der Waals surface area contributed by atoms with E-state index in [0.717, 1.165) is 0 Å². The Morgan fingerprint density at radius 2 is 0.571 bits per heavy atom. The van der Waals surface area contributed by atoms with E-state index in [-0.39, 0.29) is 75.7 Å². The minimum Gasteiger partial charge on any atom is -0.396 e. The number of aliphatic hydroxyl groups excluding tert-OH is 3. The highest BCUT2D eigenvalue weighted by Crippen LogP contribution is 2.23. The van der Waals surface area contributed by atoms with Crippen LogP contribution in [0.25, 0.3) is 0 Å². The lowest BCUT2D eigenvalue weighted by Gasteiger charge is -2.03. The molecule has 0 atom stereocenters. The second kappa shape index (κ2) is 20.1. The lowest BCUT2D eigenvalue weighted by molar-refractivity contribution is -0.136. The van der Waals surface area contributed by atoms with Gasteiger partial charge in [0, 0.05) is 39.1 Å². The van der Waals surface area contributed by atoms with Crippen LogP contribution in [0.1, 0.15) is 57.8 Å². The zero-order valence-electron chi connectivity index (χ0n) is 14.7. The zero-order chi connectivity index (χ0) is 22.0. The summed E-state index contributed by atoms with van der Waals surface area (Å²) in [7, 11) is 0. The van der Waals surface area contributed by atoms with Gasteiger partial charge in [0.2, 0.25) is 0 Å². The summed E-state index contributed by atoms with van der Waals surface area (Å²) in [6.07, 6.45) is -13.7. The maximum atomic E-state index is 11.3. The smallest absolute Gasteiger partial charge is 0.389 e. The van der Waals surface area contributed by atoms with Gasteiger partial charge in [-0.3, -0.25) is 0 Å². The molecule has 0 spiro atoms. The van der Waals surface area contributed by atoms with Gasteiger partial charge in [0.1, 0.15) is 0 Å². The molecule has 174 valence electrons. The minimum atomic E-state index is -4.06. The molecule has 0 aliphatic carbocycles. The second-order valence-corrected chi connectivity index (χ2v) is 5.39. The maximum absolute atomic E-state index is 11.3. The van der Waals surface area contributed by atoms with Crippen LogP contribution >= 0.6 is 0 Å². The molecule has 3 nitrogen and oxygen atoms in total. The van der Waals surface area contributed by atoms with Crippen molar-refractivity contribution in [2.24, 2.45) is 0 Å². The SMILES string of the molecule is OCCCCC(F)(F)F.OCCCCC(F)(F)F.OCCCCC(F)(F)F.[AlH3]. The van der Waals surface area contributed by atoms with Gasteiger partial charge >= 0.3 is 18.5 Å². The summed E-state index contributed by atoms with van der Waals surface area (Å²) in [5.41, 5.74) is 0. The Morgan fingerprint density at radius 1 is 0.393 bits per heavy atom. The Balaban J connectivity index is -0.000000152. The normalized spacial score (nSPS) is 11.6. The molecule has 0 unspecified atom stereocenters. The molecule has 0 fully saturated rings. The predicted octanol–water partition coefficient (Wildman–Crippen LogP) is 3.95. The molecule has 0 saturated carbocycles. The molecular formula is C15H30AlF9O3. The molecule has 0 aromatic carbocycles. The number of hydrogen-bond acceptors (Lipinski definition) is 3. The van der Waals surface area contributed by atoms with E-state index >= 15 is 0 Å². The van der Waals surface area contributed by atoms with Crippen molar-refractivity contribution in [2.45, 2.75) is 76.3 Å². The summed E-state index contributed by atoms with van der Waals surface area (Å²) in [5.74, 6) is 0. The summed E-state index contributed by atoms with van der Waals surface area (Å²) < 4.78 is 102. The summed E-state index contributed by atoms with van der Waals surface area (Å²) in [6.45, 7) is -0.470. The third-order valence-corrected chi connectivity index (χ3v) is 2.61. The van der Waals surface area contributed by atoms with Crippen LogP contribution in [0, 0.1) is 0 Å². The standard InChI is InChI=1S/3C5H9F3O.Al.3H/c3*6-5(7,8)3-1-2-4-9;;;;/h3*9H,1-4H2;;;;. The van der Waals surface area contributed by atoms with Gasteiger partial charge in [-0.05, 0) is 38.5 Å². The number of halogens is 9. The number of alkyl halides is 9. The molecule has 0 bridgehead atoms. The largest absolute Gasteiger partial charge is 0.396 e. The van der Waals surface area contributed by atoms with Gasteiger partial charge in [-0.15, -0.1) is 0 Å². The van der Waals surface area contributed by atoms with Crippen LogP contribution in [-0.4, -0.2) is 71.0 Å². The quantitative estimate of drug-likeness (QED) is 0.280. The van der Waals surface area contributed by atoms with Crippen LogP contribution in [0.5, 0.6) is 0 Å². The van der Waals surface area contributed by atoms with Crippen molar-refractivity contribution < 1.29 is 54.8 Å². The van der Waals surface area contributed by atoms with Crippen molar-refractivity contribution >= 4 is 17.4 Å². The summed E-state index contributed by atoms with van der Waals surface area (Å²) in [4.78, 5) is 0. The fourth-order valence-electron chi connectivity index (χ4n) is 1.31. The molecule has 0 aromatic heterocycles. The van der Waals surface area contributed by atoms with Gasteiger partial charge in [0.05, 0.1) is 0 Å². The summed E-state index contributed by atoms with van der Waals surface area (Å²) in [5, 5.41) is 24.3.